The van der Waals surface area contributed by atoms with E-state index in [1.807, 2.05) is 11.0 Å². The van der Waals surface area contributed by atoms with Crippen LogP contribution in [0.5, 0.6) is 0 Å². The molecule has 26 heavy (non-hydrogen) atoms. The van der Waals surface area contributed by atoms with Crippen molar-refractivity contribution >= 4 is 33.2 Å². The predicted molar refractivity (Wildman–Crippen MR) is 98.2 cm³/mol. The molecule has 0 aliphatic carbocycles. The molecule has 3 aromatic rings. The summed E-state index contributed by atoms with van der Waals surface area (Å²) >= 11 is 1.52. The van der Waals surface area contributed by atoms with Gasteiger partial charge in [0.05, 0.1) is 11.9 Å². The highest BCUT2D eigenvalue weighted by Gasteiger charge is 2.27. The Labute approximate surface area is 151 Å². The van der Waals surface area contributed by atoms with Crippen LogP contribution >= 0.6 is 11.3 Å². The van der Waals surface area contributed by atoms with Crippen molar-refractivity contribution in [3.8, 4) is 6.07 Å². The van der Waals surface area contributed by atoms with Gasteiger partial charge in [-0.3, -0.25) is 13.9 Å². The van der Waals surface area contributed by atoms with Crippen LogP contribution < -0.4 is 21.9 Å². The zero-order valence-electron chi connectivity index (χ0n) is 14.2. The third-order valence-electron chi connectivity index (χ3n) is 4.71. The minimum atomic E-state index is -0.581. The summed E-state index contributed by atoms with van der Waals surface area (Å²) < 4.78 is 2.31. The van der Waals surface area contributed by atoms with Gasteiger partial charge in [0.2, 0.25) is 0 Å². The van der Waals surface area contributed by atoms with Crippen LogP contribution in [0.15, 0.2) is 15.9 Å². The van der Waals surface area contributed by atoms with Gasteiger partial charge in [0, 0.05) is 25.5 Å². The lowest BCUT2D eigenvalue weighted by Crippen LogP contribution is -2.43. The van der Waals surface area contributed by atoms with Crippen LogP contribution in [-0.2, 0) is 27.1 Å². The van der Waals surface area contributed by atoms with Crippen molar-refractivity contribution in [1.29, 1.82) is 5.26 Å². The van der Waals surface area contributed by atoms with Gasteiger partial charge in [0.1, 0.15) is 28.9 Å². The molecular formula is C16H15N7O2S. The minimum Gasteiger partial charge on any atom is -0.383 e. The van der Waals surface area contributed by atoms with Crippen LogP contribution in [0.1, 0.15) is 16.0 Å². The topological polar surface area (TPSA) is 123 Å². The first-order valence-electron chi connectivity index (χ1n) is 7.89. The molecule has 0 saturated carbocycles. The van der Waals surface area contributed by atoms with E-state index >= 15 is 0 Å². The second-order valence-corrected chi connectivity index (χ2v) is 7.21. The van der Waals surface area contributed by atoms with Crippen LogP contribution in [0.2, 0.25) is 0 Å². The summed E-state index contributed by atoms with van der Waals surface area (Å²) in [7, 11) is 2.94. The molecular weight excluding hydrogens is 354 g/mol. The second kappa shape index (κ2) is 5.67. The van der Waals surface area contributed by atoms with Gasteiger partial charge in [0.15, 0.2) is 5.56 Å². The van der Waals surface area contributed by atoms with Crippen molar-refractivity contribution in [2.75, 3.05) is 17.2 Å². The summed E-state index contributed by atoms with van der Waals surface area (Å²) in [5, 5.41) is 10.4. The third-order valence-corrected chi connectivity index (χ3v) is 5.84. The maximum Gasteiger partial charge on any atom is 0.332 e. The van der Waals surface area contributed by atoms with Crippen LogP contribution in [0, 0.1) is 11.3 Å². The predicted octanol–water partition coefficient (Wildman–Crippen LogP) is 0.105. The molecule has 0 saturated heterocycles. The van der Waals surface area contributed by atoms with E-state index in [0.29, 0.717) is 31.1 Å². The molecule has 0 fully saturated rings. The SMILES string of the molecule is Cn1c(N2CCc3c(sc4ncnc(N)c34)C2)c(C#N)c(=O)n(C)c1=O. The Morgan fingerprint density at radius 2 is 2.04 bits per heavy atom. The summed E-state index contributed by atoms with van der Waals surface area (Å²) in [5.74, 6) is 0.808. The van der Waals surface area contributed by atoms with E-state index in [2.05, 4.69) is 9.97 Å². The number of nitrogen functional groups attached to an aromatic ring is 1. The van der Waals surface area contributed by atoms with Crippen LogP contribution in [-0.4, -0.2) is 25.6 Å². The van der Waals surface area contributed by atoms with Crippen LogP contribution in [0.4, 0.5) is 11.6 Å². The number of nitrogens with two attached hydrogens (primary N) is 1. The lowest BCUT2D eigenvalue weighted by atomic mass is 10.0. The molecule has 10 heteroatoms. The number of hydrogen-bond acceptors (Lipinski definition) is 8. The number of nitrogens with zero attached hydrogens (tertiary/aromatic N) is 6. The fourth-order valence-corrected chi connectivity index (χ4v) is 4.65. The molecule has 0 aromatic carbocycles. The van der Waals surface area contributed by atoms with E-state index in [-0.39, 0.29) is 5.56 Å². The van der Waals surface area contributed by atoms with Crippen LogP contribution in [0.25, 0.3) is 10.2 Å². The molecule has 0 amide bonds. The van der Waals surface area contributed by atoms with Gasteiger partial charge in [0.25, 0.3) is 5.56 Å². The van der Waals surface area contributed by atoms with Gasteiger partial charge in [-0.2, -0.15) is 5.26 Å². The van der Waals surface area contributed by atoms with Crippen molar-refractivity contribution in [3.05, 3.63) is 43.2 Å². The highest BCUT2D eigenvalue weighted by molar-refractivity contribution is 7.19. The first-order chi connectivity index (χ1) is 12.4. The quantitative estimate of drug-likeness (QED) is 0.645. The van der Waals surface area contributed by atoms with Crippen molar-refractivity contribution in [1.82, 2.24) is 19.1 Å². The molecule has 2 N–H and O–H groups in total. The Morgan fingerprint density at radius 3 is 2.77 bits per heavy atom. The highest BCUT2D eigenvalue weighted by atomic mass is 32.1. The Hall–Kier alpha value is -3.19. The third kappa shape index (κ3) is 2.14. The molecule has 3 aromatic heterocycles. The molecule has 4 heterocycles. The maximum atomic E-state index is 12.3. The van der Waals surface area contributed by atoms with E-state index in [0.717, 1.165) is 25.2 Å². The molecule has 4 rings (SSSR count). The highest BCUT2D eigenvalue weighted by Crippen LogP contribution is 2.37. The summed E-state index contributed by atoms with van der Waals surface area (Å²) in [4.78, 5) is 36.8. The Bertz CT molecular complexity index is 1210. The smallest absolute Gasteiger partial charge is 0.332 e. The van der Waals surface area contributed by atoms with Crippen LogP contribution in [0.3, 0.4) is 0 Å². The van der Waals surface area contributed by atoms with Gasteiger partial charge >= 0.3 is 5.69 Å². The minimum absolute atomic E-state index is 0.0292. The van der Waals surface area contributed by atoms with Gasteiger partial charge < -0.3 is 10.6 Å². The number of nitriles is 1. The largest absolute Gasteiger partial charge is 0.383 e. The van der Waals surface area contributed by atoms with Crippen molar-refractivity contribution < 1.29 is 0 Å². The maximum absolute atomic E-state index is 12.3. The Morgan fingerprint density at radius 1 is 1.27 bits per heavy atom. The number of hydrogen-bond donors (Lipinski definition) is 1. The standard InChI is InChI=1S/C16H15N7O2S/c1-21-14(9(5-17)15(24)22(2)16(21)25)23-4-3-8-10(6-23)26-13-11(8)12(18)19-7-20-13/h7H,3-4,6H2,1-2H3,(H2,18,19,20). The van der Waals surface area contributed by atoms with E-state index in [1.165, 1.54) is 29.3 Å². The average Bonchev–Trinajstić information content (AvgIpc) is 3.01. The molecule has 0 spiro atoms. The van der Waals surface area contributed by atoms with Crippen molar-refractivity contribution in [2.45, 2.75) is 13.0 Å². The molecule has 1 aliphatic rings. The number of thiophene rings is 1. The first-order valence-corrected chi connectivity index (χ1v) is 8.71. The summed E-state index contributed by atoms with van der Waals surface area (Å²) in [6.45, 7) is 1.03. The summed E-state index contributed by atoms with van der Waals surface area (Å²) in [6.07, 6.45) is 2.11. The fourth-order valence-electron chi connectivity index (χ4n) is 3.43. The van der Waals surface area contributed by atoms with Gasteiger partial charge in [-0.25, -0.2) is 14.8 Å². The van der Waals surface area contributed by atoms with E-state index < -0.39 is 11.2 Å². The molecule has 0 bridgehead atoms. The summed E-state index contributed by atoms with van der Waals surface area (Å²) in [6, 6.07) is 1.96. The lowest BCUT2D eigenvalue weighted by Gasteiger charge is -2.30. The average molecular weight is 369 g/mol. The molecule has 0 radical (unpaired) electrons. The first kappa shape index (κ1) is 16.3. The zero-order valence-corrected chi connectivity index (χ0v) is 15.0. The fraction of sp³-hybridized carbons (Fsp3) is 0.312. The number of rotatable bonds is 1. The Kier molecular flexibility index (Phi) is 3.55. The van der Waals surface area contributed by atoms with Crippen molar-refractivity contribution in [3.63, 3.8) is 0 Å². The number of anilines is 2. The molecule has 1 aliphatic heterocycles. The van der Waals surface area contributed by atoms with E-state index in [1.54, 1.807) is 7.05 Å². The summed E-state index contributed by atoms with van der Waals surface area (Å²) in [5.41, 5.74) is 6.04. The molecule has 0 unspecified atom stereocenters. The monoisotopic (exact) mass is 369 g/mol. The lowest BCUT2D eigenvalue weighted by molar-refractivity contribution is 0.640. The van der Waals surface area contributed by atoms with Crippen molar-refractivity contribution in [2.24, 2.45) is 14.1 Å². The van der Waals surface area contributed by atoms with Gasteiger partial charge in [-0.1, -0.05) is 0 Å². The Balaban J connectivity index is 1.88. The molecule has 9 nitrogen and oxygen atoms in total. The second-order valence-electron chi connectivity index (χ2n) is 6.13. The van der Waals surface area contributed by atoms with Gasteiger partial charge in [-0.05, 0) is 12.0 Å². The normalized spacial score (nSPS) is 13.7. The van der Waals surface area contributed by atoms with E-state index in [4.69, 9.17) is 5.73 Å². The molecule has 0 atom stereocenters. The van der Waals surface area contributed by atoms with Gasteiger partial charge in [-0.15, -0.1) is 11.3 Å². The number of aromatic nitrogens is 4. The molecule has 132 valence electrons. The zero-order chi connectivity index (χ0) is 18.6. The van der Waals surface area contributed by atoms with E-state index in [9.17, 15) is 14.9 Å². The number of fused-ring (bicyclic) bond motifs is 3.